The van der Waals surface area contributed by atoms with E-state index in [1.54, 1.807) is 7.11 Å². The summed E-state index contributed by atoms with van der Waals surface area (Å²) in [6.45, 7) is 3.91. The van der Waals surface area contributed by atoms with E-state index in [9.17, 15) is 13.6 Å². The molecule has 1 fully saturated rings. The Balaban J connectivity index is 2.09. The predicted molar refractivity (Wildman–Crippen MR) is 64.6 cm³/mol. The quantitative estimate of drug-likeness (QED) is 0.853. The van der Waals surface area contributed by atoms with Crippen LogP contribution in [0.1, 0.15) is 30.6 Å². The molecule has 0 spiro atoms. The lowest BCUT2D eigenvalue weighted by Gasteiger charge is -2.51. The van der Waals surface area contributed by atoms with Crippen molar-refractivity contribution in [2.45, 2.75) is 32.4 Å². The number of methoxy groups -OCH3 is 1. The molecule has 0 bridgehead atoms. The fourth-order valence-electron chi connectivity index (χ4n) is 2.36. The number of aromatic nitrogens is 1. The lowest BCUT2D eigenvalue weighted by molar-refractivity contribution is -0.0942. The van der Waals surface area contributed by atoms with Crippen molar-refractivity contribution in [3.8, 4) is 0 Å². The van der Waals surface area contributed by atoms with Gasteiger partial charge in [0.1, 0.15) is 0 Å². The van der Waals surface area contributed by atoms with Crippen molar-refractivity contribution in [3.63, 3.8) is 0 Å². The summed E-state index contributed by atoms with van der Waals surface area (Å²) in [5.74, 6) is -3.12. The van der Waals surface area contributed by atoms with Gasteiger partial charge in [0.25, 0.3) is 5.91 Å². The minimum atomic E-state index is -1.27. The van der Waals surface area contributed by atoms with Gasteiger partial charge in [0.2, 0.25) is 5.95 Å². The minimum absolute atomic E-state index is 0.0526. The predicted octanol–water partition coefficient (Wildman–Crippen LogP) is 1.90. The van der Waals surface area contributed by atoms with Crippen LogP contribution in [0.15, 0.2) is 12.3 Å². The maximum absolute atomic E-state index is 13.4. The van der Waals surface area contributed by atoms with E-state index in [0.29, 0.717) is 6.42 Å². The van der Waals surface area contributed by atoms with Gasteiger partial charge in [0.15, 0.2) is 5.82 Å². The summed E-state index contributed by atoms with van der Waals surface area (Å²) < 4.78 is 31.7. The molecule has 1 saturated carbocycles. The molecule has 0 aliphatic heterocycles. The van der Waals surface area contributed by atoms with E-state index in [0.717, 1.165) is 12.3 Å². The zero-order valence-electron chi connectivity index (χ0n) is 11.0. The molecule has 1 heterocycles. The van der Waals surface area contributed by atoms with Crippen molar-refractivity contribution in [1.29, 1.82) is 0 Å². The number of halogens is 2. The van der Waals surface area contributed by atoms with Crippen LogP contribution in [0.4, 0.5) is 8.78 Å². The number of ether oxygens (including phenoxy) is 1. The average molecular weight is 270 g/mol. The molecule has 0 aromatic carbocycles. The van der Waals surface area contributed by atoms with Gasteiger partial charge >= 0.3 is 0 Å². The first-order chi connectivity index (χ1) is 8.87. The van der Waals surface area contributed by atoms with E-state index in [2.05, 4.69) is 10.3 Å². The SMILES string of the molecule is COC1CC(NC(=O)c2ccnc(F)c2F)C1(C)C. The first-order valence-electron chi connectivity index (χ1n) is 6.01. The molecular formula is C13H16F2N2O2. The number of nitrogens with zero attached hydrogens (tertiary/aromatic N) is 1. The molecule has 2 atom stereocenters. The van der Waals surface area contributed by atoms with Crippen LogP contribution in [0, 0.1) is 17.2 Å². The number of amides is 1. The van der Waals surface area contributed by atoms with Crippen LogP contribution >= 0.6 is 0 Å². The lowest BCUT2D eigenvalue weighted by atomic mass is 9.64. The van der Waals surface area contributed by atoms with Gasteiger partial charge in [-0.2, -0.15) is 4.39 Å². The minimum Gasteiger partial charge on any atom is -0.381 e. The fourth-order valence-corrected chi connectivity index (χ4v) is 2.36. The van der Waals surface area contributed by atoms with E-state index in [1.807, 2.05) is 13.8 Å². The molecule has 4 nitrogen and oxygen atoms in total. The highest BCUT2D eigenvalue weighted by Crippen LogP contribution is 2.42. The average Bonchev–Trinajstić information content (AvgIpc) is 2.37. The molecule has 2 rings (SSSR count). The van der Waals surface area contributed by atoms with Gasteiger partial charge in [0, 0.05) is 24.8 Å². The molecule has 19 heavy (non-hydrogen) atoms. The first kappa shape index (κ1) is 13.9. The summed E-state index contributed by atoms with van der Waals surface area (Å²) in [6, 6.07) is 1.04. The Morgan fingerprint density at radius 3 is 2.79 bits per heavy atom. The Hall–Kier alpha value is -1.56. The van der Waals surface area contributed by atoms with Crippen molar-refractivity contribution >= 4 is 5.91 Å². The molecule has 2 unspecified atom stereocenters. The van der Waals surface area contributed by atoms with Crippen LogP contribution < -0.4 is 5.32 Å². The van der Waals surface area contributed by atoms with Gasteiger partial charge in [-0.05, 0) is 12.5 Å². The van der Waals surface area contributed by atoms with E-state index < -0.39 is 17.7 Å². The molecule has 1 aromatic heterocycles. The smallest absolute Gasteiger partial charge is 0.254 e. The number of carbonyl (C=O) groups excluding carboxylic acids is 1. The van der Waals surface area contributed by atoms with Crippen LogP contribution in [-0.4, -0.2) is 30.1 Å². The van der Waals surface area contributed by atoms with Gasteiger partial charge in [-0.1, -0.05) is 13.8 Å². The van der Waals surface area contributed by atoms with Crippen LogP contribution in [0.2, 0.25) is 0 Å². The Morgan fingerprint density at radius 1 is 1.53 bits per heavy atom. The second-order valence-electron chi connectivity index (χ2n) is 5.27. The van der Waals surface area contributed by atoms with Crippen LogP contribution in [0.3, 0.4) is 0 Å². The molecule has 6 heteroatoms. The number of nitrogens with one attached hydrogen (secondary N) is 1. The van der Waals surface area contributed by atoms with Gasteiger partial charge < -0.3 is 10.1 Å². The van der Waals surface area contributed by atoms with Gasteiger partial charge in [-0.15, -0.1) is 0 Å². The summed E-state index contributed by atoms with van der Waals surface area (Å²) in [6.07, 6.45) is 1.78. The Bertz CT molecular complexity index is 505. The van der Waals surface area contributed by atoms with Crippen molar-refractivity contribution in [2.24, 2.45) is 5.41 Å². The third-order valence-corrected chi connectivity index (χ3v) is 3.86. The third-order valence-electron chi connectivity index (χ3n) is 3.86. The molecule has 1 aliphatic rings. The number of hydrogen-bond donors (Lipinski definition) is 1. The third kappa shape index (κ3) is 2.32. The highest BCUT2D eigenvalue weighted by atomic mass is 19.2. The largest absolute Gasteiger partial charge is 0.381 e. The van der Waals surface area contributed by atoms with Crippen molar-refractivity contribution in [3.05, 3.63) is 29.6 Å². The van der Waals surface area contributed by atoms with Crippen molar-refractivity contribution < 1.29 is 18.3 Å². The number of pyridine rings is 1. The summed E-state index contributed by atoms with van der Waals surface area (Å²) >= 11 is 0. The molecule has 104 valence electrons. The molecular weight excluding hydrogens is 254 g/mol. The highest BCUT2D eigenvalue weighted by molar-refractivity contribution is 5.94. The summed E-state index contributed by atoms with van der Waals surface area (Å²) in [4.78, 5) is 15.1. The summed E-state index contributed by atoms with van der Waals surface area (Å²) in [5.41, 5.74) is -0.559. The Kier molecular flexibility index (Phi) is 3.54. The molecule has 1 aromatic rings. The van der Waals surface area contributed by atoms with Crippen molar-refractivity contribution in [2.75, 3.05) is 7.11 Å². The lowest BCUT2D eigenvalue weighted by Crippen LogP contribution is -2.61. The van der Waals surface area contributed by atoms with Crippen LogP contribution in [0.5, 0.6) is 0 Å². The molecule has 0 saturated heterocycles. The van der Waals surface area contributed by atoms with Crippen molar-refractivity contribution in [1.82, 2.24) is 10.3 Å². The standard InChI is InChI=1S/C13H16F2N2O2/c1-13(2)8(6-9(13)19-3)17-12(18)7-4-5-16-11(15)10(7)14/h4-5,8-9H,6H2,1-3H3,(H,17,18). The van der Waals surface area contributed by atoms with Crippen LogP contribution in [0.25, 0.3) is 0 Å². The zero-order valence-corrected chi connectivity index (χ0v) is 11.0. The number of hydrogen-bond acceptors (Lipinski definition) is 3. The topological polar surface area (TPSA) is 51.2 Å². The molecule has 1 aliphatic carbocycles. The fraction of sp³-hybridized carbons (Fsp3) is 0.538. The molecule has 0 radical (unpaired) electrons. The van der Waals surface area contributed by atoms with E-state index in [1.165, 1.54) is 0 Å². The molecule has 1 amide bonds. The van der Waals surface area contributed by atoms with Gasteiger partial charge in [-0.3, -0.25) is 4.79 Å². The normalized spacial score (nSPS) is 24.7. The maximum Gasteiger partial charge on any atom is 0.254 e. The van der Waals surface area contributed by atoms with Crippen LogP contribution in [-0.2, 0) is 4.74 Å². The number of rotatable bonds is 3. The number of carbonyl (C=O) groups is 1. The van der Waals surface area contributed by atoms with Gasteiger partial charge in [-0.25, -0.2) is 9.37 Å². The Labute approximate surface area is 110 Å². The zero-order chi connectivity index (χ0) is 14.2. The first-order valence-corrected chi connectivity index (χ1v) is 6.01. The van der Waals surface area contributed by atoms with E-state index >= 15 is 0 Å². The van der Waals surface area contributed by atoms with E-state index in [4.69, 9.17) is 4.74 Å². The van der Waals surface area contributed by atoms with Gasteiger partial charge in [0.05, 0.1) is 11.7 Å². The van der Waals surface area contributed by atoms with E-state index in [-0.39, 0.29) is 23.1 Å². The highest BCUT2D eigenvalue weighted by Gasteiger charge is 2.49. The second-order valence-corrected chi connectivity index (χ2v) is 5.27. The Morgan fingerprint density at radius 2 is 2.21 bits per heavy atom. The molecule has 1 N–H and O–H groups in total. The second kappa shape index (κ2) is 4.85. The monoisotopic (exact) mass is 270 g/mol. The summed E-state index contributed by atoms with van der Waals surface area (Å²) in [7, 11) is 1.61. The maximum atomic E-state index is 13.4. The summed E-state index contributed by atoms with van der Waals surface area (Å²) in [5, 5.41) is 2.70.